The van der Waals surface area contributed by atoms with Crippen LogP contribution in [0.4, 0.5) is 0 Å². The number of hydrogen-bond acceptors (Lipinski definition) is 0. The van der Waals surface area contributed by atoms with E-state index in [4.69, 9.17) is 0 Å². The van der Waals surface area contributed by atoms with Gasteiger partial charge in [-0.2, -0.15) is 0 Å². The average Bonchev–Trinajstić information content (AvgIpc) is 2.33. The summed E-state index contributed by atoms with van der Waals surface area (Å²) in [6.45, 7) is 15.5. The maximum atomic E-state index is 3.96. The molecule has 0 fully saturated rings. The summed E-state index contributed by atoms with van der Waals surface area (Å²) >= 11 is 0. The van der Waals surface area contributed by atoms with E-state index in [0.717, 1.165) is 25.7 Å². The number of benzene rings is 1. The first-order chi connectivity index (χ1) is 8.26. The lowest BCUT2D eigenvalue weighted by Gasteiger charge is -2.14. The Hall–Kier alpha value is -1.56. The van der Waals surface area contributed by atoms with Crippen molar-refractivity contribution in [1.29, 1.82) is 0 Å². The maximum Gasteiger partial charge on any atom is -0.00944 e. The first-order valence-electron chi connectivity index (χ1n) is 6.02. The Morgan fingerprint density at radius 2 is 1.29 bits per heavy atom. The molecule has 89 valence electrons. The third kappa shape index (κ3) is 3.45. The summed E-state index contributed by atoms with van der Waals surface area (Å²) < 4.78 is 0. The molecule has 0 unspecified atom stereocenters. The van der Waals surface area contributed by atoms with Gasteiger partial charge in [0.1, 0.15) is 0 Å². The Kier molecular flexibility index (Phi) is 5.48. The third-order valence-corrected chi connectivity index (χ3v) is 2.86. The fraction of sp³-hybridized carbons (Fsp3) is 0.235. The zero-order valence-corrected chi connectivity index (χ0v) is 10.5. The molecule has 0 aliphatic rings. The van der Waals surface area contributed by atoms with E-state index >= 15 is 0 Å². The molecule has 1 radical (unpaired) electrons. The topological polar surface area (TPSA) is 0 Å². The van der Waals surface area contributed by atoms with Gasteiger partial charge >= 0.3 is 0 Å². The normalized spacial score (nSPS) is 9.94. The molecule has 0 saturated heterocycles. The SMILES string of the molecule is [CH2]Cc1cc(CC=C)c(CC=C)c(CC=C)c1. The second-order valence-corrected chi connectivity index (χ2v) is 4.12. The first-order valence-corrected chi connectivity index (χ1v) is 6.02. The quantitative estimate of drug-likeness (QED) is 0.609. The minimum absolute atomic E-state index is 0.822. The van der Waals surface area contributed by atoms with Gasteiger partial charge in [0.15, 0.2) is 0 Å². The van der Waals surface area contributed by atoms with Crippen molar-refractivity contribution >= 4 is 0 Å². The van der Waals surface area contributed by atoms with Gasteiger partial charge in [-0.1, -0.05) is 30.4 Å². The number of hydrogen-bond donors (Lipinski definition) is 0. The van der Waals surface area contributed by atoms with Crippen LogP contribution in [-0.2, 0) is 25.7 Å². The summed E-state index contributed by atoms with van der Waals surface area (Å²) in [5, 5.41) is 0. The van der Waals surface area contributed by atoms with Crippen molar-refractivity contribution in [3.63, 3.8) is 0 Å². The van der Waals surface area contributed by atoms with Crippen molar-refractivity contribution in [1.82, 2.24) is 0 Å². The smallest absolute Gasteiger partial charge is 0.00944 e. The van der Waals surface area contributed by atoms with Gasteiger partial charge < -0.3 is 0 Å². The van der Waals surface area contributed by atoms with E-state index < -0.39 is 0 Å². The third-order valence-electron chi connectivity index (χ3n) is 2.86. The molecule has 0 aliphatic heterocycles. The first kappa shape index (κ1) is 13.5. The second-order valence-electron chi connectivity index (χ2n) is 4.12. The van der Waals surface area contributed by atoms with Crippen molar-refractivity contribution in [2.75, 3.05) is 0 Å². The van der Waals surface area contributed by atoms with Crippen LogP contribution in [0.2, 0.25) is 0 Å². The van der Waals surface area contributed by atoms with Crippen molar-refractivity contribution < 1.29 is 0 Å². The van der Waals surface area contributed by atoms with Crippen LogP contribution < -0.4 is 0 Å². The molecular formula is C17H21. The van der Waals surface area contributed by atoms with Gasteiger partial charge in [0.05, 0.1) is 0 Å². The van der Waals surface area contributed by atoms with Crippen molar-refractivity contribution in [2.45, 2.75) is 25.7 Å². The Balaban J connectivity index is 3.30. The summed E-state index contributed by atoms with van der Waals surface area (Å²) in [6.07, 6.45) is 9.39. The minimum Gasteiger partial charge on any atom is -0.103 e. The van der Waals surface area contributed by atoms with Crippen molar-refractivity contribution in [3.8, 4) is 0 Å². The average molecular weight is 225 g/mol. The zero-order valence-electron chi connectivity index (χ0n) is 10.5. The summed E-state index contributed by atoms with van der Waals surface area (Å²) in [4.78, 5) is 0. The molecule has 0 spiro atoms. The minimum atomic E-state index is 0.822. The highest BCUT2D eigenvalue weighted by molar-refractivity contribution is 5.42. The molecule has 17 heavy (non-hydrogen) atoms. The molecule has 0 heteroatoms. The van der Waals surface area contributed by atoms with Gasteiger partial charge in [-0.3, -0.25) is 0 Å². The molecule has 0 nitrogen and oxygen atoms in total. The molecule has 0 aromatic heterocycles. The van der Waals surface area contributed by atoms with E-state index in [1.54, 1.807) is 0 Å². The fourth-order valence-corrected chi connectivity index (χ4v) is 2.10. The molecule has 0 atom stereocenters. The summed E-state index contributed by atoms with van der Waals surface area (Å²) in [5.41, 5.74) is 5.35. The standard InChI is InChI=1S/C17H21/c1-5-9-15-12-14(8-4)13-16(10-6-2)17(15)11-7-3/h5-7,12-13H,1-4,8-11H2. The van der Waals surface area contributed by atoms with Gasteiger partial charge in [-0.25, -0.2) is 0 Å². The molecule has 0 saturated carbocycles. The van der Waals surface area contributed by atoms with Crippen LogP contribution in [0.1, 0.15) is 22.3 Å². The Labute approximate surface area is 105 Å². The van der Waals surface area contributed by atoms with Crippen LogP contribution >= 0.6 is 0 Å². The second kappa shape index (κ2) is 6.90. The molecule has 1 rings (SSSR count). The van der Waals surface area contributed by atoms with Crippen LogP contribution in [0.15, 0.2) is 50.1 Å². The molecule has 1 aromatic carbocycles. The van der Waals surface area contributed by atoms with E-state index in [1.807, 2.05) is 18.2 Å². The van der Waals surface area contributed by atoms with E-state index in [9.17, 15) is 0 Å². The lowest BCUT2D eigenvalue weighted by molar-refractivity contribution is 1.06. The molecule has 1 aromatic rings. The van der Waals surface area contributed by atoms with Gasteiger partial charge in [0, 0.05) is 0 Å². The summed E-state index contributed by atoms with van der Waals surface area (Å²) in [5.74, 6) is 0. The predicted molar refractivity (Wildman–Crippen MR) is 77.2 cm³/mol. The molecule has 0 heterocycles. The highest BCUT2D eigenvalue weighted by atomic mass is 14.1. The van der Waals surface area contributed by atoms with Crippen LogP contribution in [0, 0.1) is 6.92 Å². The van der Waals surface area contributed by atoms with Crippen LogP contribution in [0.5, 0.6) is 0 Å². The van der Waals surface area contributed by atoms with Gasteiger partial charge in [0.2, 0.25) is 0 Å². The Bertz CT molecular complexity index is 379. The lowest BCUT2D eigenvalue weighted by Crippen LogP contribution is -2.01. The maximum absolute atomic E-state index is 3.96. The summed E-state index contributed by atoms with van der Waals surface area (Å²) in [6, 6.07) is 4.47. The van der Waals surface area contributed by atoms with Crippen molar-refractivity contribution in [2.24, 2.45) is 0 Å². The lowest BCUT2D eigenvalue weighted by atomic mass is 9.91. The molecule has 0 N–H and O–H groups in total. The predicted octanol–water partition coefficient (Wildman–Crippen LogP) is 4.25. The zero-order chi connectivity index (χ0) is 12.7. The molecule has 0 aliphatic carbocycles. The van der Waals surface area contributed by atoms with E-state index in [-0.39, 0.29) is 0 Å². The Morgan fingerprint density at radius 3 is 1.65 bits per heavy atom. The highest BCUT2D eigenvalue weighted by Crippen LogP contribution is 2.21. The Morgan fingerprint density at radius 1 is 0.824 bits per heavy atom. The van der Waals surface area contributed by atoms with Crippen molar-refractivity contribution in [3.05, 3.63) is 79.3 Å². The fourth-order valence-electron chi connectivity index (χ4n) is 2.10. The number of rotatable bonds is 7. The largest absolute Gasteiger partial charge is 0.103 e. The van der Waals surface area contributed by atoms with Crippen LogP contribution in [0.3, 0.4) is 0 Å². The summed E-state index contributed by atoms with van der Waals surface area (Å²) in [7, 11) is 0. The van der Waals surface area contributed by atoms with Crippen LogP contribution in [-0.4, -0.2) is 0 Å². The van der Waals surface area contributed by atoms with Gasteiger partial charge in [-0.15, -0.1) is 19.7 Å². The monoisotopic (exact) mass is 225 g/mol. The van der Waals surface area contributed by atoms with Gasteiger partial charge in [-0.05, 0) is 54.9 Å². The molecular weight excluding hydrogens is 204 g/mol. The number of allylic oxidation sites excluding steroid dienone is 3. The molecule has 0 amide bonds. The van der Waals surface area contributed by atoms with Crippen LogP contribution in [0.25, 0.3) is 0 Å². The highest BCUT2D eigenvalue weighted by Gasteiger charge is 2.07. The van der Waals surface area contributed by atoms with E-state index in [2.05, 4.69) is 38.8 Å². The van der Waals surface area contributed by atoms with Gasteiger partial charge in [0.25, 0.3) is 0 Å². The van der Waals surface area contributed by atoms with E-state index in [0.29, 0.717) is 0 Å². The molecule has 0 bridgehead atoms. The van der Waals surface area contributed by atoms with E-state index in [1.165, 1.54) is 22.3 Å².